The molecule has 2 nitrogen and oxygen atoms in total. The first-order chi connectivity index (χ1) is 8.00. The molecule has 1 amide bonds. The molecule has 1 aromatic rings. The first kappa shape index (κ1) is 12.7. The standard InChI is InChI=1S/C11H9F3INO/c12-6-3-4-16(5-6)11(17)9-7(13)1-2-8(15)10(9)14/h1-2,6H,3-5H2/t6-/m0/s1. The Morgan fingerprint density at radius 2 is 2.12 bits per heavy atom. The number of halogens is 4. The molecule has 1 aliphatic rings. The zero-order chi connectivity index (χ0) is 12.6. The van der Waals surface area contributed by atoms with Crippen LogP contribution in [0.25, 0.3) is 0 Å². The van der Waals surface area contributed by atoms with E-state index in [0.717, 1.165) is 11.0 Å². The molecule has 0 unspecified atom stereocenters. The summed E-state index contributed by atoms with van der Waals surface area (Å²) < 4.78 is 40.2. The zero-order valence-corrected chi connectivity index (χ0v) is 10.9. The van der Waals surface area contributed by atoms with Crippen LogP contribution in [0.1, 0.15) is 16.8 Å². The van der Waals surface area contributed by atoms with Crippen molar-refractivity contribution >= 4 is 28.5 Å². The van der Waals surface area contributed by atoms with E-state index in [1.54, 1.807) is 22.6 Å². The number of alkyl halides is 1. The third-order valence-electron chi connectivity index (χ3n) is 2.68. The molecule has 1 aliphatic heterocycles. The first-order valence-electron chi connectivity index (χ1n) is 5.07. The largest absolute Gasteiger partial charge is 0.335 e. The number of amides is 1. The molecular weight excluding hydrogens is 346 g/mol. The first-order valence-corrected chi connectivity index (χ1v) is 6.15. The Bertz CT molecular complexity index is 466. The maximum atomic E-state index is 13.7. The van der Waals surface area contributed by atoms with E-state index < -0.39 is 29.3 Å². The lowest BCUT2D eigenvalue weighted by Crippen LogP contribution is -2.30. The van der Waals surface area contributed by atoms with Gasteiger partial charge < -0.3 is 4.90 Å². The van der Waals surface area contributed by atoms with E-state index in [2.05, 4.69) is 0 Å². The number of likely N-dealkylation sites (tertiary alicyclic amines) is 1. The number of rotatable bonds is 1. The predicted molar refractivity (Wildman–Crippen MR) is 64.5 cm³/mol. The third kappa shape index (κ3) is 2.41. The molecule has 1 atom stereocenters. The molecule has 17 heavy (non-hydrogen) atoms. The fraction of sp³-hybridized carbons (Fsp3) is 0.364. The minimum atomic E-state index is -1.10. The molecule has 6 heteroatoms. The molecule has 2 rings (SSSR count). The van der Waals surface area contributed by atoms with E-state index in [9.17, 15) is 18.0 Å². The van der Waals surface area contributed by atoms with E-state index in [-0.39, 0.29) is 23.1 Å². The second-order valence-electron chi connectivity index (χ2n) is 3.86. The summed E-state index contributed by atoms with van der Waals surface area (Å²) in [6.07, 6.45) is -0.883. The van der Waals surface area contributed by atoms with Gasteiger partial charge in [-0.05, 0) is 41.1 Å². The third-order valence-corrected chi connectivity index (χ3v) is 3.51. The summed E-state index contributed by atoms with van der Waals surface area (Å²) in [7, 11) is 0. The normalized spacial score (nSPS) is 19.8. The molecule has 1 heterocycles. The molecule has 0 radical (unpaired) electrons. The van der Waals surface area contributed by atoms with Gasteiger partial charge in [-0.3, -0.25) is 4.79 Å². The van der Waals surface area contributed by atoms with Gasteiger partial charge in [0.1, 0.15) is 17.6 Å². The average Bonchev–Trinajstić information content (AvgIpc) is 2.71. The SMILES string of the molecule is O=C(c1c(F)ccc(I)c1F)N1CC[C@H](F)C1. The van der Waals surface area contributed by atoms with Crippen LogP contribution in [0.2, 0.25) is 0 Å². The average molecular weight is 355 g/mol. The van der Waals surface area contributed by atoms with Gasteiger partial charge in [-0.15, -0.1) is 0 Å². The number of hydrogen-bond donors (Lipinski definition) is 0. The van der Waals surface area contributed by atoms with Crippen molar-refractivity contribution in [2.24, 2.45) is 0 Å². The number of hydrogen-bond acceptors (Lipinski definition) is 1. The van der Waals surface area contributed by atoms with Gasteiger partial charge in [-0.2, -0.15) is 0 Å². The zero-order valence-electron chi connectivity index (χ0n) is 8.72. The van der Waals surface area contributed by atoms with Crippen LogP contribution in [0.5, 0.6) is 0 Å². The monoisotopic (exact) mass is 355 g/mol. The topological polar surface area (TPSA) is 20.3 Å². The van der Waals surface area contributed by atoms with Gasteiger partial charge in [0.05, 0.1) is 6.54 Å². The summed E-state index contributed by atoms with van der Waals surface area (Å²) in [6, 6.07) is 2.30. The second kappa shape index (κ2) is 4.83. The van der Waals surface area contributed by atoms with Crippen molar-refractivity contribution in [3.63, 3.8) is 0 Å². The highest BCUT2D eigenvalue weighted by Gasteiger charge is 2.30. The second-order valence-corrected chi connectivity index (χ2v) is 5.02. The molecule has 92 valence electrons. The predicted octanol–water partition coefficient (Wildman–Crippen LogP) is 2.75. The summed E-state index contributed by atoms with van der Waals surface area (Å²) in [5.41, 5.74) is -0.592. The molecule has 0 bridgehead atoms. The Balaban J connectivity index is 2.34. The van der Waals surface area contributed by atoms with Crippen molar-refractivity contribution in [1.82, 2.24) is 4.90 Å². The fourth-order valence-corrected chi connectivity index (χ4v) is 2.23. The minimum absolute atomic E-state index is 0.0941. The van der Waals surface area contributed by atoms with Gasteiger partial charge in [-0.1, -0.05) is 0 Å². The van der Waals surface area contributed by atoms with Gasteiger partial charge in [0, 0.05) is 10.1 Å². The van der Waals surface area contributed by atoms with Crippen molar-refractivity contribution in [3.8, 4) is 0 Å². The highest BCUT2D eigenvalue weighted by Crippen LogP contribution is 2.22. The minimum Gasteiger partial charge on any atom is -0.335 e. The van der Waals surface area contributed by atoms with Crippen LogP contribution in [-0.4, -0.2) is 30.1 Å². The van der Waals surface area contributed by atoms with Crippen LogP contribution < -0.4 is 0 Å². The Morgan fingerprint density at radius 1 is 1.41 bits per heavy atom. The Labute approximate surface area is 110 Å². The van der Waals surface area contributed by atoms with Crippen LogP contribution in [0.15, 0.2) is 12.1 Å². The van der Waals surface area contributed by atoms with E-state index in [4.69, 9.17) is 0 Å². The summed E-state index contributed by atoms with van der Waals surface area (Å²) in [5, 5.41) is 0. The van der Waals surface area contributed by atoms with Crippen molar-refractivity contribution in [2.45, 2.75) is 12.6 Å². The highest BCUT2D eigenvalue weighted by atomic mass is 127. The van der Waals surface area contributed by atoms with Crippen LogP contribution >= 0.6 is 22.6 Å². The fourth-order valence-electron chi connectivity index (χ4n) is 1.78. The lowest BCUT2D eigenvalue weighted by molar-refractivity contribution is 0.0773. The quantitative estimate of drug-likeness (QED) is 0.561. The summed E-state index contributed by atoms with van der Waals surface area (Å²) in [6.45, 7) is 0.105. The summed E-state index contributed by atoms with van der Waals surface area (Å²) in [4.78, 5) is 13.0. The van der Waals surface area contributed by atoms with E-state index in [0.29, 0.717) is 0 Å². The lowest BCUT2D eigenvalue weighted by Gasteiger charge is -2.16. The lowest BCUT2D eigenvalue weighted by atomic mass is 10.1. The van der Waals surface area contributed by atoms with Gasteiger partial charge in [-0.25, -0.2) is 13.2 Å². The molecule has 0 spiro atoms. The highest BCUT2D eigenvalue weighted by molar-refractivity contribution is 14.1. The van der Waals surface area contributed by atoms with E-state index in [1.807, 2.05) is 0 Å². The van der Waals surface area contributed by atoms with Crippen LogP contribution in [0.3, 0.4) is 0 Å². The summed E-state index contributed by atoms with van der Waals surface area (Å²) >= 11 is 1.68. The smallest absolute Gasteiger partial charge is 0.259 e. The van der Waals surface area contributed by atoms with Gasteiger partial charge in [0.25, 0.3) is 5.91 Å². The molecule has 0 saturated carbocycles. The maximum absolute atomic E-state index is 13.7. The number of carbonyl (C=O) groups excluding carboxylic acids is 1. The van der Waals surface area contributed by atoms with Crippen molar-refractivity contribution in [2.75, 3.05) is 13.1 Å². The van der Waals surface area contributed by atoms with Gasteiger partial charge in [0.2, 0.25) is 0 Å². The number of benzene rings is 1. The maximum Gasteiger partial charge on any atom is 0.259 e. The molecule has 0 aromatic heterocycles. The van der Waals surface area contributed by atoms with Crippen LogP contribution in [0.4, 0.5) is 13.2 Å². The Morgan fingerprint density at radius 3 is 2.71 bits per heavy atom. The molecule has 0 N–H and O–H groups in total. The number of nitrogens with zero attached hydrogens (tertiary/aromatic N) is 1. The van der Waals surface area contributed by atoms with E-state index in [1.165, 1.54) is 6.07 Å². The van der Waals surface area contributed by atoms with Crippen LogP contribution in [0, 0.1) is 15.2 Å². The molecule has 0 aliphatic carbocycles. The Hall–Kier alpha value is -0.790. The van der Waals surface area contributed by atoms with Crippen molar-refractivity contribution in [3.05, 3.63) is 32.9 Å². The van der Waals surface area contributed by atoms with Gasteiger partial charge >= 0.3 is 0 Å². The van der Waals surface area contributed by atoms with E-state index >= 15 is 0 Å². The number of carbonyl (C=O) groups is 1. The van der Waals surface area contributed by atoms with Crippen molar-refractivity contribution < 1.29 is 18.0 Å². The molecular formula is C11H9F3INO. The van der Waals surface area contributed by atoms with Crippen LogP contribution in [-0.2, 0) is 0 Å². The van der Waals surface area contributed by atoms with Gasteiger partial charge in [0.15, 0.2) is 5.82 Å². The molecule has 1 saturated heterocycles. The Kier molecular flexibility index (Phi) is 3.60. The molecule has 1 aromatic carbocycles. The van der Waals surface area contributed by atoms with Crippen molar-refractivity contribution in [1.29, 1.82) is 0 Å². The molecule has 1 fully saturated rings. The summed E-state index contributed by atoms with van der Waals surface area (Å²) in [5.74, 6) is -2.56.